The first-order chi connectivity index (χ1) is 10.1. The number of hydrogen-bond donors (Lipinski definition) is 0. The number of ether oxygens (including phenoxy) is 1. The van der Waals surface area contributed by atoms with Gasteiger partial charge in [0.25, 0.3) is 0 Å². The molecule has 0 aliphatic carbocycles. The molecule has 1 saturated heterocycles. The predicted octanol–water partition coefficient (Wildman–Crippen LogP) is 1.91. The fraction of sp³-hybridized carbons (Fsp3) is 0.625. The number of aromatic nitrogens is 1. The Morgan fingerprint density at radius 1 is 1.39 bits per heavy atom. The Hall–Kier alpha value is -0.880. The zero-order chi connectivity index (χ0) is 14.8. The van der Waals surface area contributed by atoms with Crippen molar-refractivity contribution in [2.24, 2.45) is 5.92 Å². The van der Waals surface area contributed by atoms with E-state index in [9.17, 15) is 4.79 Å². The Labute approximate surface area is 150 Å². The molecule has 0 spiro atoms. The van der Waals surface area contributed by atoms with Crippen molar-refractivity contribution < 1.29 is 9.53 Å². The van der Waals surface area contributed by atoms with Crippen LogP contribution in [-0.4, -0.2) is 54.5 Å². The van der Waals surface area contributed by atoms with Gasteiger partial charge in [0.1, 0.15) is 0 Å². The molecule has 5 nitrogen and oxygen atoms in total. The molecular formula is C16H25Cl2N3O2. The lowest BCUT2D eigenvalue weighted by Gasteiger charge is -2.31. The summed E-state index contributed by atoms with van der Waals surface area (Å²) in [7, 11) is 4.14. The van der Waals surface area contributed by atoms with E-state index in [1.165, 1.54) is 16.7 Å². The van der Waals surface area contributed by atoms with Gasteiger partial charge in [0.2, 0.25) is 5.91 Å². The smallest absolute Gasteiger partial charge is 0.228 e. The summed E-state index contributed by atoms with van der Waals surface area (Å²) in [6, 6.07) is 0. The average molecular weight is 362 g/mol. The largest absolute Gasteiger partial charge is 0.381 e. The maximum atomic E-state index is 12.5. The molecule has 7 heteroatoms. The van der Waals surface area contributed by atoms with Crippen molar-refractivity contribution in [2.45, 2.75) is 25.9 Å². The highest BCUT2D eigenvalue weighted by molar-refractivity contribution is 5.85. The Morgan fingerprint density at radius 2 is 2.17 bits per heavy atom. The van der Waals surface area contributed by atoms with Crippen LogP contribution in [0, 0.1) is 5.92 Å². The summed E-state index contributed by atoms with van der Waals surface area (Å²) in [5, 5.41) is 0. The highest BCUT2D eigenvalue weighted by atomic mass is 35.5. The Kier molecular flexibility index (Phi) is 7.74. The van der Waals surface area contributed by atoms with Crippen LogP contribution in [0.3, 0.4) is 0 Å². The Balaban J connectivity index is 0.00000132. The van der Waals surface area contributed by atoms with Gasteiger partial charge in [-0.15, -0.1) is 24.8 Å². The van der Waals surface area contributed by atoms with E-state index in [1.54, 1.807) is 0 Å². The van der Waals surface area contributed by atoms with Gasteiger partial charge in [-0.25, -0.2) is 0 Å². The summed E-state index contributed by atoms with van der Waals surface area (Å²) in [6.07, 6.45) is 5.67. The molecule has 23 heavy (non-hydrogen) atoms. The summed E-state index contributed by atoms with van der Waals surface area (Å²) in [5.41, 5.74) is 3.87. The Morgan fingerprint density at radius 3 is 2.83 bits per heavy atom. The minimum Gasteiger partial charge on any atom is -0.381 e. The zero-order valence-electron chi connectivity index (χ0n) is 13.7. The molecule has 3 rings (SSSR count). The quantitative estimate of drug-likeness (QED) is 0.824. The van der Waals surface area contributed by atoms with Crippen molar-refractivity contribution in [1.82, 2.24) is 14.8 Å². The molecule has 1 aromatic rings. The molecule has 1 fully saturated rings. The second-order valence-electron chi connectivity index (χ2n) is 6.24. The van der Waals surface area contributed by atoms with Crippen LogP contribution < -0.4 is 0 Å². The number of fused-ring (bicyclic) bond motifs is 1. The first-order valence-electron chi connectivity index (χ1n) is 7.61. The van der Waals surface area contributed by atoms with Gasteiger partial charge in [-0.3, -0.25) is 9.78 Å². The SMILES string of the molecule is CN(C)Cc1cncc2c1CCN(C(=O)C1CCOC1)C2.Cl.Cl. The van der Waals surface area contributed by atoms with Gasteiger partial charge in [-0.05, 0) is 43.6 Å². The molecule has 1 unspecified atom stereocenters. The number of carbonyl (C=O) groups excluding carboxylic acids is 1. The number of halogens is 2. The second kappa shape index (κ2) is 8.83. The molecule has 1 aromatic heterocycles. The second-order valence-corrected chi connectivity index (χ2v) is 6.24. The third-order valence-electron chi connectivity index (χ3n) is 4.31. The zero-order valence-corrected chi connectivity index (χ0v) is 15.3. The highest BCUT2D eigenvalue weighted by Gasteiger charge is 2.30. The molecule has 1 amide bonds. The van der Waals surface area contributed by atoms with Crippen molar-refractivity contribution in [3.8, 4) is 0 Å². The van der Waals surface area contributed by atoms with Gasteiger partial charge in [0.05, 0.1) is 12.5 Å². The molecule has 2 aliphatic heterocycles. The van der Waals surface area contributed by atoms with E-state index in [1.807, 2.05) is 17.3 Å². The number of carbonyl (C=O) groups is 1. The number of hydrogen-bond acceptors (Lipinski definition) is 4. The van der Waals surface area contributed by atoms with Gasteiger partial charge in [-0.1, -0.05) is 0 Å². The van der Waals surface area contributed by atoms with E-state index in [0.717, 1.165) is 32.5 Å². The molecule has 3 heterocycles. The van der Waals surface area contributed by atoms with Crippen LogP contribution in [0.15, 0.2) is 12.4 Å². The molecule has 1 atom stereocenters. The number of rotatable bonds is 3. The monoisotopic (exact) mass is 361 g/mol. The van der Waals surface area contributed by atoms with E-state index in [2.05, 4.69) is 24.0 Å². The van der Waals surface area contributed by atoms with Crippen LogP contribution in [0.4, 0.5) is 0 Å². The van der Waals surface area contributed by atoms with E-state index in [4.69, 9.17) is 4.74 Å². The van der Waals surface area contributed by atoms with Crippen molar-refractivity contribution >= 4 is 30.7 Å². The van der Waals surface area contributed by atoms with Crippen LogP contribution in [-0.2, 0) is 29.0 Å². The van der Waals surface area contributed by atoms with Crippen molar-refractivity contribution in [3.05, 3.63) is 29.1 Å². The van der Waals surface area contributed by atoms with Crippen LogP contribution >= 0.6 is 24.8 Å². The van der Waals surface area contributed by atoms with Gasteiger partial charge < -0.3 is 14.5 Å². The van der Waals surface area contributed by atoms with Gasteiger partial charge >= 0.3 is 0 Å². The van der Waals surface area contributed by atoms with Crippen LogP contribution in [0.2, 0.25) is 0 Å². The van der Waals surface area contributed by atoms with Crippen LogP contribution in [0.25, 0.3) is 0 Å². The number of amides is 1. The van der Waals surface area contributed by atoms with Crippen LogP contribution in [0.5, 0.6) is 0 Å². The summed E-state index contributed by atoms with van der Waals surface area (Å²) < 4.78 is 5.34. The van der Waals surface area contributed by atoms with E-state index < -0.39 is 0 Å². The highest BCUT2D eigenvalue weighted by Crippen LogP contribution is 2.25. The third kappa shape index (κ3) is 4.57. The number of nitrogens with zero attached hydrogens (tertiary/aromatic N) is 3. The molecule has 2 aliphatic rings. The fourth-order valence-electron chi connectivity index (χ4n) is 3.22. The summed E-state index contributed by atoms with van der Waals surface area (Å²) in [4.78, 5) is 21.0. The Bertz CT molecular complexity index is 534. The molecule has 0 N–H and O–H groups in total. The van der Waals surface area contributed by atoms with Gasteiger partial charge in [0, 0.05) is 38.6 Å². The minimum absolute atomic E-state index is 0. The lowest BCUT2D eigenvalue weighted by Crippen LogP contribution is -2.40. The summed E-state index contributed by atoms with van der Waals surface area (Å²) in [5.74, 6) is 0.306. The van der Waals surface area contributed by atoms with Crippen LogP contribution in [0.1, 0.15) is 23.1 Å². The molecule has 130 valence electrons. The van der Waals surface area contributed by atoms with Gasteiger partial charge in [0.15, 0.2) is 0 Å². The maximum Gasteiger partial charge on any atom is 0.228 e. The van der Waals surface area contributed by atoms with Crippen molar-refractivity contribution in [3.63, 3.8) is 0 Å². The summed E-state index contributed by atoms with van der Waals surface area (Å²) >= 11 is 0. The first-order valence-corrected chi connectivity index (χ1v) is 7.61. The minimum atomic E-state index is 0. The topological polar surface area (TPSA) is 45.7 Å². The molecule has 0 aromatic carbocycles. The predicted molar refractivity (Wildman–Crippen MR) is 94.2 cm³/mol. The maximum absolute atomic E-state index is 12.5. The molecule has 0 bridgehead atoms. The van der Waals surface area contributed by atoms with E-state index >= 15 is 0 Å². The van der Waals surface area contributed by atoms with E-state index in [-0.39, 0.29) is 36.6 Å². The van der Waals surface area contributed by atoms with E-state index in [0.29, 0.717) is 13.2 Å². The molecule has 0 saturated carbocycles. The summed E-state index contributed by atoms with van der Waals surface area (Å²) in [6.45, 7) is 3.71. The number of pyridine rings is 1. The normalized spacial score (nSPS) is 19.8. The van der Waals surface area contributed by atoms with Crippen molar-refractivity contribution in [1.29, 1.82) is 0 Å². The standard InChI is InChI=1S/C16H23N3O2.2ClH/c1-18(2)9-13-7-17-8-14-10-19(5-3-15(13)14)16(20)12-4-6-21-11-12;;/h7-8,12H,3-6,9-11H2,1-2H3;2*1H. The lowest BCUT2D eigenvalue weighted by atomic mass is 9.95. The molecule has 0 radical (unpaired) electrons. The van der Waals surface area contributed by atoms with Crippen molar-refractivity contribution in [2.75, 3.05) is 33.9 Å². The molecular weight excluding hydrogens is 337 g/mol. The fourth-order valence-corrected chi connectivity index (χ4v) is 3.22. The van der Waals surface area contributed by atoms with Gasteiger partial charge in [-0.2, -0.15) is 0 Å². The first kappa shape index (κ1) is 20.2. The average Bonchev–Trinajstić information content (AvgIpc) is 3.00. The lowest BCUT2D eigenvalue weighted by molar-refractivity contribution is -0.136. The third-order valence-corrected chi connectivity index (χ3v) is 4.31.